The minimum Gasteiger partial charge on any atom is -0.469 e. The van der Waals surface area contributed by atoms with Gasteiger partial charge >= 0.3 is 18.1 Å². The summed E-state index contributed by atoms with van der Waals surface area (Å²) in [7, 11) is 1.31. The van der Waals surface area contributed by atoms with Gasteiger partial charge in [0.25, 0.3) is 0 Å². The first-order valence-electron chi connectivity index (χ1n) is 7.85. The molecule has 1 atom stereocenters. The summed E-state index contributed by atoms with van der Waals surface area (Å²) in [4.78, 5) is 11.0. The van der Waals surface area contributed by atoms with Gasteiger partial charge in [-0.3, -0.25) is 4.79 Å². The lowest BCUT2D eigenvalue weighted by Gasteiger charge is -2.20. The maximum absolute atomic E-state index is 12.8. The third-order valence-electron chi connectivity index (χ3n) is 3.82. The summed E-state index contributed by atoms with van der Waals surface area (Å²) in [5, 5.41) is 9.90. The monoisotopic (exact) mass is 368 g/mol. The van der Waals surface area contributed by atoms with Crippen LogP contribution in [0.25, 0.3) is 0 Å². The molecular weight excluding hydrogens is 347 g/mol. The molecule has 142 valence electrons. The maximum atomic E-state index is 12.8. The van der Waals surface area contributed by atoms with Gasteiger partial charge in [-0.2, -0.15) is 22.0 Å². The first-order valence-corrected chi connectivity index (χ1v) is 7.85. The molecule has 0 aliphatic carbocycles. The highest BCUT2D eigenvalue weighted by molar-refractivity contribution is 5.69. The summed E-state index contributed by atoms with van der Waals surface area (Å²) >= 11 is 0. The summed E-state index contributed by atoms with van der Waals surface area (Å²) in [6.45, 7) is 0. The fourth-order valence-electron chi connectivity index (χ4n) is 2.27. The average Bonchev–Trinajstić information content (AvgIpc) is 2.54. The van der Waals surface area contributed by atoms with Gasteiger partial charge < -0.3 is 9.84 Å². The number of rotatable bonds is 9. The lowest BCUT2D eigenvalue weighted by atomic mass is 9.99. The number of hydrogen-bond donors (Lipinski definition) is 1. The van der Waals surface area contributed by atoms with Crippen LogP contribution >= 0.6 is 0 Å². The van der Waals surface area contributed by atoms with Crippen molar-refractivity contribution in [2.75, 3.05) is 7.11 Å². The van der Waals surface area contributed by atoms with E-state index in [1.54, 1.807) is 24.3 Å². The number of halogens is 5. The molecule has 0 heterocycles. The van der Waals surface area contributed by atoms with Crippen molar-refractivity contribution in [2.24, 2.45) is 0 Å². The van der Waals surface area contributed by atoms with Crippen LogP contribution in [0.4, 0.5) is 22.0 Å². The number of benzene rings is 1. The standard InChI is InChI=1S/C17H21F5O3/c1-25-15(24)6-2-4-12-7-9-13(10-8-12)14(23)5-3-11-16(18,19)17(20,21)22/h7-10,14,23H,2-6,11H2,1H3/t14-/m0/s1. The van der Waals surface area contributed by atoms with Gasteiger partial charge in [-0.25, -0.2) is 0 Å². The Hall–Kier alpha value is -1.70. The average molecular weight is 368 g/mol. The second kappa shape index (κ2) is 9.12. The molecule has 0 spiro atoms. The lowest BCUT2D eigenvalue weighted by molar-refractivity contribution is -0.284. The van der Waals surface area contributed by atoms with Crippen LogP contribution in [0, 0.1) is 0 Å². The highest BCUT2D eigenvalue weighted by Gasteiger charge is 2.56. The number of ether oxygens (including phenoxy) is 1. The molecule has 1 aromatic rings. The van der Waals surface area contributed by atoms with E-state index >= 15 is 0 Å². The third-order valence-corrected chi connectivity index (χ3v) is 3.82. The van der Waals surface area contributed by atoms with Crippen molar-refractivity contribution in [3.05, 3.63) is 35.4 Å². The van der Waals surface area contributed by atoms with E-state index in [2.05, 4.69) is 4.74 Å². The molecule has 0 aromatic heterocycles. The summed E-state index contributed by atoms with van der Waals surface area (Å²) in [5.41, 5.74) is 1.37. The van der Waals surface area contributed by atoms with Crippen molar-refractivity contribution in [2.45, 2.75) is 56.7 Å². The third kappa shape index (κ3) is 6.97. The van der Waals surface area contributed by atoms with E-state index in [9.17, 15) is 31.9 Å². The molecule has 1 N–H and O–H groups in total. The second-order valence-corrected chi connectivity index (χ2v) is 5.78. The van der Waals surface area contributed by atoms with Gasteiger partial charge in [0.1, 0.15) is 0 Å². The number of carbonyl (C=O) groups excluding carboxylic acids is 1. The van der Waals surface area contributed by atoms with Crippen LogP contribution in [0.2, 0.25) is 0 Å². The minimum absolute atomic E-state index is 0.187. The zero-order valence-corrected chi connectivity index (χ0v) is 13.8. The number of methoxy groups -OCH3 is 1. The largest absolute Gasteiger partial charge is 0.469 e. The molecule has 1 rings (SSSR count). The Kier molecular flexibility index (Phi) is 7.79. The van der Waals surface area contributed by atoms with Crippen molar-refractivity contribution in [1.82, 2.24) is 0 Å². The second-order valence-electron chi connectivity index (χ2n) is 5.78. The van der Waals surface area contributed by atoms with Gasteiger partial charge in [-0.15, -0.1) is 0 Å². The Morgan fingerprint density at radius 2 is 1.72 bits per heavy atom. The van der Waals surface area contributed by atoms with Crippen LogP contribution in [0.3, 0.4) is 0 Å². The maximum Gasteiger partial charge on any atom is 0.453 e. The van der Waals surface area contributed by atoms with Crippen LogP contribution in [-0.2, 0) is 16.0 Å². The zero-order chi connectivity index (χ0) is 19.1. The molecule has 0 saturated heterocycles. The smallest absolute Gasteiger partial charge is 0.453 e. The van der Waals surface area contributed by atoms with E-state index in [-0.39, 0.29) is 18.8 Å². The molecule has 0 saturated carbocycles. The highest BCUT2D eigenvalue weighted by Crippen LogP contribution is 2.39. The molecule has 0 bridgehead atoms. The number of aliphatic hydroxyl groups excluding tert-OH is 1. The van der Waals surface area contributed by atoms with Gasteiger partial charge in [0, 0.05) is 12.8 Å². The molecule has 8 heteroatoms. The van der Waals surface area contributed by atoms with E-state index in [0.29, 0.717) is 18.4 Å². The minimum atomic E-state index is -5.57. The predicted molar refractivity (Wildman–Crippen MR) is 81.2 cm³/mol. The van der Waals surface area contributed by atoms with E-state index < -0.39 is 31.0 Å². The van der Waals surface area contributed by atoms with E-state index in [4.69, 9.17) is 0 Å². The van der Waals surface area contributed by atoms with Gasteiger partial charge in [0.05, 0.1) is 13.2 Å². The molecule has 0 aliphatic rings. The number of carbonyl (C=O) groups is 1. The first kappa shape index (κ1) is 21.3. The molecule has 3 nitrogen and oxygen atoms in total. The summed E-state index contributed by atoms with van der Waals surface area (Å²) in [5.74, 6) is -5.04. The Balaban J connectivity index is 2.44. The fourth-order valence-corrected chi connectivity index (χ4v) is 2.27. The quantitative estimate of drug-likeness (QED) is 0.513. The van der Waals surface area contributed by atoms with Crippen LogP contribution in [0.15, 0.2) is 24.3 Å². The zero-order valence-electron chi connectivity index (χ0n) is 13.8. The Labute approximate surface area is 142 Å². The Morgan fingerprint density at radius 3 is 2.24 bits per heavy atom. The topological polar surface area (TPSA) is 46.5 Å². The number of aliphatic hydroxyl groups is 1. The van der Waals surface area contributed by atoms with Crippen molar-refractivity contribution in [1.29, 1.82) is 0 Å². The SMILES string of the molecule is COC(=O)CCCc1ccc([C@@H](O)CCCC(F)(F)C(F)(F)F)cc1. The number of esters is 1. The first-order chi connectivity index (χ1) is 11.6. The van der Waals surface area contributed by atoms with Gasteiger partial charge in [0.15, 0.2) is 0 Å². The molecule has 0 unspecified atom stereocenters. The van der Waals surface area contributed by atoms with Crippen LogP contribution < -0.4 is 0 Å². The van der Waals surface area contributed by atoms with E-state index in [1.807, 2.05) is 0 Å². The molecular formula is C17H21F5O3. The molecule has 0 amide bonds. The van der Waals surface area contributed by atoms with Crippen molar-refractivity contribution in [3.63, 3.8) is 0 Å². The van der Waals surface area contributed by atoms with Gasteiger partial charge in [-0.1, -0.05) is 24.3 Å². The van der Waals surface area contributed by atoms with Crippen molar-refractivity contribution < 1.29 is 36.6 Å². The number of aryl methyl sites for hydroxylation is 1. The molecule has 25 heavy (non-hydrogen) atoms. The number of alkyl halides is 5. The summed E-state index contributed by atoms with van der Waals surface area (Å²) < 4.78 is 66.3. The van der Waals surface area contributed by atoms with Crippen molar-refractivity contribution in [3.8, 4) is 0 Å². The Morgan fingerprint density at radius 1 is 1.12 bits per heavy atom. The van der Waals surface area contributed by atoms with Crippen LogP contribution in [0.1, 0.15) is 49.3 Å². The molecule has 0 aliphatic heterocycles. The number of hydrogen-bond acceptors (Lipinski definition) is 3. The normalized spacial score (nSPS) is 13.6. The lowest BCUT2D eigenvalue weighted by Crippen LogP contribution is -2.36. The molecule has 0 fully saturated rings. The summed E-state index contributed by atoms with van der Waals surface area (Å²) in [6.07, 6.45) is -7.14. The van der Waals surface area contributed by atoms with E-state index in [1.165, 1.54) is 7.11 Å². The molecule has 1 aromatic carbocycles. The fraction of sp³-hybridized carbons (Fsp3) is 0.588. The molecule has 0 radical (unpaired) electrons. The van der Waals surface area contributed by atoms with E-state index in [0.717, 1.165) is 5.56 Å². The van der Waals surface area contributed by atoms with Gasteiger partial charge in [-0.05, 0) is 36.8 Å². The Bertz CT molecular complexity index is 540. The predicted octanol–water partition coefficient (Wildman–Crippen LogP) is 4.58. The highest BCUT2D eigenvalue weighted by atomic mass is 19.4. The van der Waals surface area contributed by atoms with Crippen molar-refractivity contribution >= 4 is 5.97 Å². The van der Waals surface area contributed by atoms with Crippen LogP contribution in [0.5, 0.6) is 0 Å². The van der Waals surface area contributed by atoms with Crippen LogP contribution in [-0.4, -0.2) is 30.3 Å². The van der Waals surface area contributed by atoms with Gasteiger partial charge in [0.2, 0.25) is 0 Å². The summed E-state index contributed by atoms with van der Waals surface area (Å²) in [6, 6.07) is 6.64.